The first-order valence-electron chi connectivity index (χ1n) is 5.69. The largest absolute Gasteiger partial charge is 0.502 e. The van der Waals surface area contributed by atoms with E-state index in [1.165, 1.54) is 7.11 Å². The van der Waals surface area contributed by atoms with Gasteiger partial charge in [0, 0.05) is 12.8 Å². The third-order valence-electron chi connectivity index (χ3n) is 2.74. The number of nitrogens with zero attached hydrogens (tertiary/aromatic N) is 3. The van der Waals surface area contributed by atoms with Crippen LogP contribution in [0.15, 0.2) is 0 Å². The van der Waals surface area contributed by atoms with Crippen LogP contribution in [0.1, 0.15) is 25.0 Å². The Kier molecular flexibility index (Phi) is 3.61. The number of imide groups is 1. The normalized spacial score (nSPS) is 15.8. The van der Waals surface area contributed by atoms with E-state index in [4.69, 9.17) is 9.84 Å². The smallest absolute Gasteiger partial charge is 0.261 e. The van der Waals surface area contributed by atoms with Crippen LogP contribution >= 0.6 is 0 Å². The van der Waals surface area contributed by atoms with Gasteiger partial charge in [-0.1, -0.05) is 0 Å². The van der Waals surface area contributed by atoms with Crippen LogP contribution < -0.4 is 9.64 Å². The summed E-state index contributed by atoms with van der Waals surface area (Å²) in [6, 6.07) is 0. The second-order valence-electron chi connectivity index (χ2n) is 3.96. The van der Waals surface area contributed by atoms with Crippen molar-refractivity contribution in [2.45, 2.75) is 25.9 Å². The fourth-order valence-corrected chi connectivity index (χ4v) is 1.80. The zero-order valence-corrected chi connectivity index (χ0v) is 10.3. The lowest BCUT2D eigenvalue weighted by Crippen LogP contribution is -2.41. The molecule has 0 bridgehead atoms. The van der Waals surface area contributed by atoms with Gasteiger partial charge in [0.05, 0.1) is 13.7 Å². The zero-order valence-electron chi connectivity index (χ0n) is 10.3. The van der Waals surface area contributed by atoms with Gasteiger partial charge in [0.15, 0.2) is 0 Å². The van der Waals surface area contributed by atoms with Crippen LogP contribution in [0.25, 0.3) is 0 Å². The second kappa shape index (κ2) is 5.19. The van der Waals surface area contributed by atoms with Gasteiger partial charge >= 0.3 is 0 Å². The Balaban J connectivity index is 2.49. The lowest BCUT2D eigenvalue weighted by molar-refractivity contribution is -0.129. The molecule has 0 radical (unpaired) electrons. The molecule has 102 valence electrons. The highest BCUT2D eigenvalue weighted by molar-refractivity contribution is 6.15. The topological polar surface area (TPSA) is 113 Å². The molecular formula is C11H13N3O5. The fourth-order valence-electron chi connectivity index (χ4n) is 1.80. The van der Waals surface area contributed by atoms with Crippen molar-refractivity contribution in [2.75, 3.05) is 12.0 Å². The summed E-state index contributed by atoms with van der Waals surface area (Å²) < 4.78 is 4.83. The minimum atomic E-state index is -0.562. The Bertz CT molecular complexity index is 490. The van der Waals surface area contributed by atoms with Crippen LogP contribution in [0.3, 0.4) is 0 Å². The summed E-state index contributed by atoms with van der Waals surface area (Å²) in [5.41, 5.74) is -0.104. The number of carbonyl (C=O) groups excluding carboxylic acids is 2. The summed E-state index contributed by atoms with van der Waals surface area (Å²) in [6.45, 7) is -0.562. The second-order valence-corrected chi connectivity index (χ2v) is 3.96. The predicted octanol–water partition coefficient (Wildman–Crippen LogP) is -0.273. The van der Waals surface area contributed by atoms with Crippen LogP contribution in [-0.4, -0.2) is 39.1 Å². The Morgan fingerprint density at radius 1 is 1.26 bits per heavy atom. The van der Waals surface area contributed by atoms with Crippen molar-refractivity contribution in [3.8, 4) is 11.6 Å². The third kappa shape index (κ3) is 2.34. The highest BCUT2D eigenvalue weighted by atomic mass is 16.5. The molecular weight excluding hydrogens is 254 g/mol. The van der Waals surface area contributed by atoms with Crippen molar-refractivity contribution >= 4 is 17.8 Å². The van der Waals surface area contributed by atoms with E-state index in [2.05, 4.69) is 9.97 Å². The van der Waals surface area contributed by atoms with E-state index in [9.17, 15) is 14.7 Å². The standard InChI is InChI=1S/C11H13N3O5/c1-19-10-9(18)6(5-15)12-11(13-10)14-7(16)3-2-4-8(14)17/h15,18H,2-5H2,1H3. The van der Waals surface area contributed by atoms with Gasteiger partial charge in [0.25, 0.3) is 5.88 Å². The summed E-state index contributed by atoms with van der Waals surface area (Å²) in [5.74, 6) is -1.61. The number of hydrogen-bond acceptors (Lipinski definition) is 7. The first kappa shape index (κ1) is 13.2. The number of aromatic hydroxyl groups is 1. The third-order valence-corrected chi connectivity index (χ3v) is 2.74. The maximum Gasteiger partial charge on any atom is 0.261 e. The molecule has 2 rings (SSSR count). The molecule has 2 amide bonds. The molecule has 8 heteroatoms. The maximum absolute atomic E-state index is 11.7. The van der Waals surface area contributed by atoms with E-state index in [0.29, 0.717) is 6.42 Å². The lowest BCUT2D eigenvalue weighted by atomic mass is 10.1. The maximum atomic E-state index is 11.7. The summed E-state index contributed by atoms with van der Waals surface area (Å²) in [6.07, 6.45) is 0.954. The van der Waals surface area contributed by atoms with Gasteiger partial charge in [-0.2, -0.15) is 4.98 Å². The van der Waals surface area contributed by atoms with Gasteiger partial charge in [0.2, 0.25) is 23.5 Å². The molecule has 0 aromatic carbocycles. The number of rotatable bonds is 3. The highest BCUT2D eigenvalue weighted by Crippen LogP contribution is 2.30. The molecule has 1 aromatic heterocycles. The molecule has 0 spiro atoms. The molecule has 0 atom stereocenters. The molecule has 1 aliphatic heterocycles. The van der Waals surface area contributed by atoms with Crippen LogP contribution in [0.4, 0.5) is 5.95 Å². The van der Waals surface area contributed by atoms with Crippen molar-refractivity contribution in [2.24, 2.45) is 0 Å². The van der Waals surface area contributed by atoms with Crippen LogP contribution in [0.2, 0.25) is 0 Å². The fraction of sp³-hybridized carbons (Fsp3) is 0.455. The molecule has 1 aliphatic rings. The van der Waals surface area contributed by atoms with Gasteiger partial charge < -0.3 is 14.9 Å². The van der Waals surface area contributed by atoms with Gasteiger partial charge in [-0.15, -0.1) is 0 Å². The highest BCUT2D eigenvalue weighted by Gasteiger charge is 2.31. The number of piperidine rings is 1. The van der Waals surface area contributed by atoms with Gasteiger partial charge in [-0.05, 0) is 6.42 Å². The summed E-state index contributed by atoms with van der Waals surface area (Å²) in [5, 5.41) is 18.7. The van der Waals surface area contributed by atoms with E-state index in [-0.39, 0.29) is 30.4 Å². The number of ether oxygens (including phenoxy) is 1. The monoisotopic (exact) mass is 267 g/mol. The molecule has 19 heavy (non-hydrogen) atoms. The van der Waals surface area contributed by atoms with Crippen molar-refractivity contribution in [3.63, 3.8) is 0 Å². The summed E-state index contributed by atoms with van der Waals surface area (Å²) in [4.78, 5) is 32.0. The molecule has 8 nitrogen and oxygen atoms in total. The van der Waals surface area contributed by atoms with E-state index in [1.807, 2.05) is 0 Å². The number of anilines is 1. The molecule has 0 aliphatic carbocycles. The average molecular weight is 267 g/mol. The van der Waals surface area contributed by atoms with E-state index >= 15 is 0 Å². The number of carbonyl (C=O) groups is 2. The molecule has 0 unspecified atom stereocenters. The van der Waals surface area contributed by atoms with Crippen molar-refractivity contribution in [1.29, 1.82) is 0 Å². The van der Waals surface area contributed by atoms with Gasteiger partial charge in [-0.25, -0.2) is 9.88 Å². The quantitative estimate of drug-likeness (QED) is 0.724. The SMILES string of the molecule is COc1nc(N2C(=O)CCCC2=O)nc(CO)c1O. The number of aliphatic hydroxyl groups excluding tert-OH is 1. The molecule has 2 N–H and O–H groups in total. The minimum absolute atomic E-state index is 0.104. The van der Waals surface area contributed by atoms with Gasteiger partial charge in [0.1, 0.15) is 5.69 Å². The first-order chi connectivity index (χ1) is 9.08. The lowest BCUT2D eigenvalue weighted by Gasteiger charge is -2.23. The van der Waals surface area contributed by atoms with Crippen molar-refractivity contribution in [1.82, 2.24) is 9.97 Å². The Hall–Kier alpha value is -2.22. The van der Waals surface area contributed by atoms with Crippen LogP contribution in [0.5, 0.6) is 11.6 Å². The summed E-state index contributed by atoms with van der Waals surface area (Å²) in [7, 11) is 1.27. The van der Waals surface area contributed by atoms with Gasteiger partial charge in [-0.3, -0.25) is 9.59 Å². The summed E-state index contributed by atoms with van der Waals surface area (Å²) >= 11 is 0. The van der Waals surface area contributed by atoms with Crippen LogP contribution in [-0.2, 0) is 16.2 Å². The number of aliphatic hydroxyl groups is 1. The Morgan fingerprint density at radius 3 is 2.42 bits per heavy atom. The number of amides is 2. The van der Waals surface area contributed by atoms with Crippen molar-refractivity contribution < 1.29 is 24.5 Å². The Labute approximate surface area is 108 Å². The Morgan fingerprint density at radius 2 is 1.89 bits per heavy atom. The minimum Gasteiger partial charge on any atom is -0.502 e. The van der Waals surface area contributed by atoms with E-state index < -0.39 is 24.2 Å². The van der Waals surface area contributed by atoms with Crippen LogP contribution in [0, 0.1) is 0 Å². The zero-order chi connectivity index (χ0) is 14.0. The number of hydrogen-bond donors (Lipinski definition) is 2. The number of methoxy groups -OCH3 is 1. The average Bonchev–Trinajstić information content (AvgIpc) is 2.40. The van der Waals surface area contributed by atoms with E-state index in [1.54, 1.807) is 0 Å². The molecule has 1 saturated heterocycles. The number of aromatic nitrogens is 2. The predicted molar refractivity (Wildman–Crippen MR) is 62.5 cm³/mol. The van der Waals surface area contributed by atoms with Crippen molar-refractivity contribution in [3.05, 3.63) is 5.69 Å². The molecule has 0 saturated carbocycles. The molecule has 1 aromatic rings. The van der Waals surface area contributed by atoms with E-state index in [0.717, 1.165) is 4.90 Å². The molecule has 1 fully saturated rings. The molecule has 2 heterocycles. The first-order valence-corrected chi connectivity index (χ1v) is 5.69.